The number of anilines is 3. The Balaban J connectivity index is 1.02. The number of hydrogen-bond donors (Lipinski definition) is 0. The van der Waals surface area contributed by atoms with E-state index in [2.05, 4.69) is 235 Å². The molecule has 9 aromatic carbocycles. The number of thiophene rings is 1. The zero-order chi connectivity index (χ0) is 41.6. The molecule has 62 heavy (non-hydrogen) atoms. The van der Waals surface area contributed by atoms with Crippen LogP contribution in [0.5, 0.6) is 0 Å². The fourth-order valence-corrected chi connectivity index (χ4v) is 10.2. The zero-order valence-electron chi connectivity index (χ0n) is 34.4. The van der Waals surface area contributed by atoms with Crippen LogP contribution in [0.3, 0.4) is 0 Å². The first kappa shape index (κ1) is 37.3. The predicted octanol–water partition coefficient (Wildman–Crippen LogP) is 17.4. The van der Waals surface area contributed by atoms with Crippen LogP contribution in [-0.2, 0) is 0 Å². The molecule has 0 N–H and O–H groups in total. The molecular weight excluding hydrogens is 769 g/mol. The van der Waals surface area contributed by atoms with Gasteiger partial charge < -0.3 is 9.47 Å². The van der Waals surface area contributed by atoms with Crippen molar-refractivity contribution >= 4 is 86.8 Å². The van der Waals surface area contributed by atoms with Crippen molar-refractivity contribution in [1.82, 2.24) is 4.57 Å². The third kappa shape index (κ3) is 6.51. The Hall–Kier alpha value is -7.72. The van der Waals surface area contributed by atoms with Gasteiger partial charge in [0.05, 0.1) is 16.7 Å². The maximum atomic E-state index is 3.92. The predicted molar refractivity (Wildman–Crippen MR) is 270 cm³/mol. The lowest BCUT2D eigenvalue weighted by atomic mass is 9.98. The average Bonchev–Trinajstić information content (AvgIpc) is 3.87. The second kappa shape index (κ2) is 15.7. The van der Waals surface area contributed by atoms with Crippen LogP contribution in [0.4, 0.5) is 17.1 Å². The molecule has 294 valence electrons. The van der Waals surface area contributed by atoms with Crippen LogP contribution >= 0.6 is 11.3 Å². The molecule has 3 heteroatoms. The molecule has 0 radical (unpaired) electrons. The van der Waals surface area contributed by atoms with E-state index in [1.54, 1.807) is 0 Å². The largest absolute Gasteiger partial charge is 0.310 e. The van der Waals surface area contributed by atoms with Gasteiger partial charge in [-0.05, 0) is 118 Å². The van der Waals surface area contributed by atoms with Crippen LogP contribution in [-0.4, -0.2) is 4.57 Å². The van der Waals surface area contributed by atoms with Crippen LogP contribution in [0, 0.1) is 0 Å². The molecule has 2 aromatic heterocycles. The highest BCUT2D eigenvalue weighted by molar-refractivity contribution is 7.25. The molecule has 2 nitrogen and oxygen atoms in total. The highest BCUT2D eigenvalue weighted by Gasteiger charge is 2.19. The van der Waals surface area contributed by atoms with Gasteiger partial charge in [-0.15, -0.1) is 11.3 Å². The highest BCUT2D eigenvalue weighted by atomic mass is 32.1. The zero-order valence-corrected chi connectivity index (χ0v) is 35.2. The van der Waals surface area contributed by atoms with Gasteiger partial charge in [0.15, 0.2) is 0 Å². The highest BCUT2D eigenvalue weighted by Crippen LogP contribution is 2.44. The lowest BCUT2D eigenvalue weighted by Gasteiger charge is -2.28. The molecule has 0 aliphatic carbocycles. The van der Waals surface area contributed by atoms with Crippen LogP contribution in [0.1, 0.15) is 6.92 Å². The standard InChI is InChI=1S/C59H42N2S/c1-3-5-16-47(4-2)61-56-21-12-9-18-51(56)52-35-29-45(39-57(52)61)42-27-33-49(34-28-42)60(55-20-11-8-17-50(55)46-24-23-40-14-6-7-15-43(40)37-46)48-31-25-41(26-32-48)44-30-36-59-54(38-44)53-19-10-13-22-58(53)62-59/h3-39H,1H2,2H3/b16-5-,47-4+. The summed E-state index contributed by atoms with van der Waals surface area (Å²) in [4.78, 5) is 2.40. The molecular formula is C59H42N2S. The summed E-state index contributed by atoms with van der Waals surface area (Å²) in [6.45, 7) is 6.01. The van der Waals surface area contributed by atoms with Gasteiger partial charge in [0.1, 0.15) is 0 Å². The minimum absolute atomic E-state index is 1.09. The van der Waals surface area contributed by atoms with E-state index in [1.807, 2.05) is 23.5 Å². The topological polar surface area (TPSA) is 8.17 Å². The second-order valence-corrected chi connectivity index (χ2v) is 16.8. The molecule has 2 heterocycles. The van der Waals surface area contributed by atoms with Crippen LogP contribution < -0.4 is 4.90 Å². The maximum absolute atomic E-state index is 3.92. The Morgan fingerprint density at radius 3 is 1.85 bits per heavy atom. The first-order valence-corrected chi connectivity index (χ1v) is 22.0. The summed E-state index contributed by atoms with van der Waals surface area (Å²) in [6.07, 6.45) is 8.12. The average molecular weight is 811 g/mol. The van der Waals surface area contributed by atoms with Gasteiger partial charge in [-0.2, -0.15) is 0 Å². The molecule has 0 atom stereocenters. The Morgan fingerprint density at radius 1 is 0.484 bits per heavy atom. The van der Waals surface area contributed by atoms with Gasteiger partial charge in [0.25, 0.3) is 0 Å². The van der Waals surface area contributed by atoms with Gasteiger partial charge in [0.2, 0.25) is 0 Å². The fraction of sp³-hybridized carbons (Fsp3) is 0.0169. The van der Waals surface area contributed by atoms with Crippen molar-refractivity contribution in [3.05, 3.63) is 231 Å². The van der Waals surface area contributed by atoms with Crippen molar-refractivity contribution in [2.24, 2.45) is 0 Å². The summed E-state index contributed by atoms with van der Waals surface area (Å²) in [5.41, 5.74) is 13.8. The number of benzene rings is 9. The fourth-order valence-electron chi connectivity index (χ4n) is 9.10. The normalized spacial score (nSPS) is 12.0. The summed E-state index contributed by atoms with van der Waals surface area (Å²) in [5.74, 6) is 0. The van der Waals surface area contributed by atoms with E-state index in [0.717, 1.165) is 28.3 Å². The quantitative estimate of drug-likeness (QED) is 0.132. The van der Waals surface area contributed by atoms with E-state index in [0.29, 0.717) is 0 Å². The van der Waals surface area contributed by atoms with Gasteiger partial charge in [-0.3, -0.25) is 0 Å². The van der Waals surface area contributed by atoms with Crippen LogP contribution in [0.2, 0.25) is 0 Å². The number of allylic oxidation sites excluding steroid dienone is 5. The number of fused-ring (bicyclic) bond motifs is 7. The van der Waals surface area contributed by atoms with E-state index in [9.17, 15) is 0 Å². The summed E-state index contributed by atoms with van der Waals surface area (Å²) >= 11 is 1.86. The molecule has 0 aliphatic heterocycles. The maximum Gasteiger partial charge on any atom is 0.0547 e. The number of aromatic nitrogens is 1. The lowest BCUT2D eigenvalue weighted by molar-refractivity contribution is 1.23. The Bertz CT molecular complexity index is 3540. The van der Waals surface area contributed by atoms with E-state index in [1.165, 1.54) is 80.6 Å². The lowest BCUT2D eigenvalue weighted by Crippen LogP contribution is -2.11. The minimum atomic E-state index is 1.09. The monoisotopic (exact) mass is 810 g/mol. The number of nitrogens with zero attached hydrogens (tertiary/aromatic N) is 2. The van der Waals surface area contributed by atoms with Crippen molar-refractivity contribution in [3.8, 4) is 33.4 Å². The molecule has 0 fully saturated rings. The van der Waals surface area contributed by atoms with Gasteiger partial charge in [-0.25, -0.2) is 0 Å². The molecule has 0 amide bonds. The third-order valence-electron chi connectivity index (χ3n) is 12.1. The van der Waals surface area contributed by atoms with E-state index in [4.69, 9.17) is 0 Å². The van der Waals surface area contributed by atoms with Crippen molar-refractivity contribution in [2.45, 2.75) is 6.92 Å². The Morgan fingerprint density at radius 2 is 1.08 bits per heavy atom. The minimum Gasteiger partial charge on any atom is -0.310 e. The number of hydrogen-bond acceptors (Lipinski definition) is 2. The smallest absolute Gasteiger partial charge is 0.0547 e. The van der Waals surface area contributed by atoms with Crippen molar-refractivity contribution in [3.63, 3.8) is 0 Å². The van der Waals surface area contributed by atoms with Crippen LogP contribution in [0.15, 0.2) is 231 Å². The second-order valence-electron chi connectivity index (χ2n) is 15.7. The van der Waals surface area contributed by atoms with Gasteiger partial charge in [0, 0.05) is 53.6 Å². The molecule has 11 rings (SSSR count). The SMILES string of the molecule is C=C/C=C\C(=C/C)n1c2ccccc2c2ccc(-c3ccc(N(c4ccc(-c5ccc6sc7ccccc7c6c5)cc4)c4ccccc4-c4ccc5ccccc5c4)cc3)cc21. The summed E-state index contributed by atoms with van der Waals surface area (Å²) in [5, 5.41) is 7.56. The van der Waals surface area contributed by atoms with Crippen molar-refractivity contribution in [2.75, 3.05) is 4.90 Å². The summed E-state index contributed by atoms with van der Waals surface area (Å²) in [7, 11) is 0. The molecule has 0 saturated heterocycles. The molecule has 0 bridgehead atoms. The van der Waals surface area contributed by atoms with E-state index in [-0.39, 0.29) is 0 Å². The molecule has 11 aromatic rings. The van der Waals surface area contributed by atoms with Crippen molar-refractivity contribution in [1.29, 1.82) is 0 Å². The molecule has 0 spiro atoms. The van der Waals surface area contributed by atoms with Crippen molar-refractivity contribution < 1.29 is 0 Å². The Kier molecular flexibility index (Phi) is 9.45. The summed E-state index contributed by atoms with van der Waals surface area (Å²) in [6, 6.07) is 73.4. The van der Waals surface area contributed by atoms with E-state index >= 15 is 0 Å². The third-order valence-corrected chi connectivity index (χ3v) is 13.3. The number of para-hydroxylation sites is 2. The first-order chi connectivity index (χ1) is 30.6. The molecule has 0 aliphatic rings. The van der Waals surface area contributed by atoms with Crippen LogP contribution in [0.25, 0.3) is 91.8 Å². The van der Waals surface area contributed by atoms with Gasteiger partial charge >= 0.3 is 0 Å². The van der Waals surface area contributed by atoms with E-state index < -0.39 is 0 Å². The van der Waals surface area contributed by atoms with Gasteiger partial charge in [-0.1, -0.05) is 158 Å². The summed E-state index contributed by atoms with van der Waals surface area (Å²) < 4.78 is 5.00. The molecule has 0 saturated carbocycles. The number of rotatable bonds is 9. The Labute approximate surface area is 365 Å². The molecule has 0 unspecified atom stereocenters. The first-order valence-electron chi connectivity index (χ1n) is 21.1.